The van der Waals surface area contributed by atoms with Gasteiger partial charge in [-0.2, -0.15) is 0 Å². The standard InChI is InChI=1S/C16H16O2/c17-15-7-4-10-18-16-11-13(8-9-14(15)16)12-5-2-1-3-6-12/h1-3,5-6,8-9,11,15,17H,4,7,10H2/t15-/m0/s1. The van der Waals surface area contributed by atoms with Gasteiger partial charge in [-0.15, -0.1) is 0 Å². The molecule has 0 saturated carbocycles. The molecule has 2 heteroatoms. The van der Waals surface area contributed by atoms with Crippen molar-refractivity contribution >= 4 is 0 Å². The number of ether oxygens (including phenoxy) is 1. The first-order chi connectivity index (χ1) is 8.84. The van der Waals surface area contributed by atoms with Crippen LogP contribution >= 0.6 is 0 Å². The molecule has 1 aliphatic heterocycles. The first-order valence-corrected chi connectivity index (χ1v) is 6.35. The van der Waals surface area contributed by atoms with Gasteiger partial charge in [0.2, 0.25) is 0 Å². The van der Waals surface area contributed by atoms with Crippen molar-refractivity contribution in [1.29, 1.82) is 0 Å². The molecule has 3 rings (SSSR count). The molecule has 1 aliphatic rings. The smallest absolute Gasteiger partial charge is 0.125 e. The predicted molar refractivity (Wildman–Crippen MR) is 71.6 cm³/mol. The molecule has 0 bridgehead atoms. The lowest BCUT2D eigenvalue weighted by atomic mass is 9.99. The van der Waals surface area contributed by atoms with Crippen LogP contribution in [0.5, 0.6) is 5.75 Å². The number of hydrogen-bond acceptors (Lipinski definition) is 2. The molecule has 0 aromatic heterocycles. The molecule has 1 atom stereocenters. The third-order valence-corrected chi connectivity index (χ3v) is 3.36. The molecular weight excluding hydrogens is 224 g/mol. The van der Waals surface area contributed by atoms with E-state index in [0.717, 1.165) is 29.7 Å². The Morgan fingerprint density at radius 3 is 2.67 bits per heavy atom. The zero-order chi connectivity index (χ0) is 12.4. The van der Waals surface area contributed by atoms with Gasteiger partial charge in [0.25, 0.3) is 0 Å². The van der Waals surface area contributed by atoms with Gasteiger partial charge >= 0.3 is 0 Å². The Hall–Kier alpha value is -1.80. The molecule has 0 amide bonds. The van der Waals surface area contributed by atoms with Gasteiger partial charge in [-0.25, -0.2) is 0 Å². The van der Waals surface area contributed by atoms with Crippen molar-refractivity contribution < 1.29 is 9.84 Å². The fourth-order valence-electron chi connectivity index (χ4n) is 2.36. The summed E-state index contributed by atoms with van der Waals surface area (Å²) in [4.78, 5) is 0. The Kier molecular flexibility index (Phi) is 3.03. The normalized spacial score (nSPS) is 18.6. The average Bonchev–Trinajstić information content (AvgIpc) is 2.61. The minimum absolute atomic E-state index is 0.396. The topological polar surface area (TPSA) is 29.5 Å². The van der Waals surface area contributed by atoms with Crippen LogP contribution in [0.25, 0.3) is 11.1 Å². The van der Waals surface area contributed by atoms with Crippen LogP contribution in [0.1, 0.15) is 24.5 Å². The maximum Gasteiger partial charge on any atom is 0.125 e. The Morgan fingerprint density at radius 1 is 1.00 bits per heavy atom. The van der Waals surface area contributed by atoms with Crippen molar-refractivity contribution in [2.24, 2.45) is 0 Å². The van der Waals surface area contributed by atoms with Crippen molar-refractivity contribution in [3.05, 3.63) is 54.1 Å². The molecule has 2 nitrogen and oxygen atoms in total. The molecule has 0 aliphatic carbocycles. The molecule has 92 valence electrons. The summed E-state index contributed by atoms with van der Waals surface area (Å²) in [5.74, 6) is 0.821. The molecule has 2 aromatic carbocycles. The third-order valence-electron chi connectivity index (χ3n) is 3.36. The number of fused-ring (bicyclic) bond motifs is 1. The van der Waals surface area contributed by atoms with E-state index < -0.39 is 6.10 Å². The lowest BCUT2D eigenvalue weighted by Gasteiger charge is -2.12. The van der Waals surface area contributed by atoms with Crippen LogP contribution in [0.2, 0.25) is 0 Å². The van der Waals surface area contributed by atoms with Crippen molar-refractivity contribution in [3.8, 4) is 16.9 Å². The summed E-state index contributed by atoms with van der Waals surface area (Å²) in [6.07, 6.45) is 1.28. The highest BCUT2D eigenvalue weighted by atomic mass is 16.5. The van der Waals surface area contributed by atoms with Crippen LogP contribution in [0.3, 0.4) is 0 Å². The van der Waals surface area contributed by atoms with E-state index in [2.05, 4.69) is 12.1 Å². The minimum Gasteiger partial charge on any atom is -0.493 e. The van der Waals surface area contributed by atoms with Crippen LogP contribution in [-0.4, -0.2) is 11.7 Å². The molecule has 0 spiro atoms. The summed E-state index contributed by atoms with van der Waals surface area (Å²) in [6.45, 7) is 0.683. The lowest BCUT2D eigenvalue weighted by Crippen LogP contribution is -1.96. The van der Waals surface area contributed by atoms with Gasteiger partial charge in [0, 0.05) is 5.56 Å². The predicted octanol–water partition coefficient (Wildman–Crippen LogP) is 3.56. The number of hydrogen-bond donors (Lipinski definition) is 1. The summed E-state index contributed by atoms with van der Waals surface area (Å²) >= 11 is 0. The van der Waals surface area contributed by atoms with Crippen LogP contribution in [0.4, 0.5) is 0 Å². The molecule has 2 aromatic rings. The Labute approximate surface area is 107 Å². The third kappa shape index (κ3) is 2.12. The molecule has 1 N–H and O–H groups in total. The van der Waals surface area contributed by atoms with E-state index in [9.17, 15) is 5.11 Å². The SMILES string of the molecule is O[C@H]1CCCOc2cc(-c3ccccc3)ccc21. The van der Waals surface area contributed by atoms with Crippen molar-refractivity contribution in [2.75, 3.05) is 6.61 Å². The Balaban J connectivity index is 2.03. The van der Waals surface area contributed by atoms with Gasteiger partial charge in [-0.3, -0.25) is 0 Å². The highest BCUT2D eigenvalue weighted by molar-refractivity contribution is 5.66. The maximum atomic E-state index is 10.0. The Bertz CT molecular complexity index is 534. The van der Waals surface area contributed by atoms with E-state index in [0.29, 0.717) is 6.61 Å². The second-order valence-electron chi connectivity index (χ2n) is 4.63. The van der Waals surface area contributed by atoms with Gasteiger partial charge in [0.1, 0.15) is 5.75 Å². The van der Waals surface area contributed by atoms with Crippen molar-refractivity contribution in [3.63, 3.8) is 0 Å². The summed E-state index contributed by atoms with van der Waals surface area (Å²) in [6, 6.07) is 16.3. The monoisotopic (exact) mass is 240 g/mol. The largest absolute Gasteiger partial charge is 0.493 e. The molecule has 18 heavy (non-hydrogen) atoms. The van der Waals surface area contributed by atoms with E-state index in [4.69, 9.17) is 4.74 Å². The minimum atomic E-state index is -0.396. The van der Waals surface area contributed by atoms with E-state index in [1.54, 1.807) is 0 Å². The molecule has 0 fully saturated rings. The molecular formula is C16H16O2. The molecule has 0 unspecified atom stereocenters. The zero-order valence-electron chi connectivity index (χ0n) is 10.2. The second kappa shape index (κ2) is 4.83. The number of aliphatic hydroxyl groups is 1. The van der Waals surface area contributed by atoms with Gasteiger partial charge in [-0.05, 0) is 30.0 Å². The van der Waals surface area contributed by atoms with Crippen molar-refractivity contribution in [1.82, 2.24) is 0 Å². The summed E-state index contributed by atoms with van der Waals surface area (Å²) in [5, 5.41) is 10.0. The van der Waals surface area contributed by atoms with E-state index in [1.165, 1.54) is 5.56 Å². The van der Waals surface area contributed by atoms with Crippen molar-refractivity contribution in [2.45, 2.75) is 18.9 Å². The zero-order valence-corrected chi connectivity index (χ0v) is 10.2. The maximum absolute atomic E-state index is 10.0. The molecule has 1 heterocycles. The van der Waals surface area contributed by atoms with Gasteiger partial charge in [-0.1, -0.05) is 42.5 Å². The Morgan fingerprint density at radius 2 is 1.83 bits per heavy atom. The summed E-state index contributed by atoms with van der Waals surface area (Å²) in [5.41, 5.74) is 3.21. The van der Waals surface area contributed by atoms with Gasteiger partial charge < -0.3 is 9.84 Å². The summed E-state index contributed by atoms with van der Waals surface area (Å²) in [7, 11) is 0. The van der Waals surface area contributed by atoms with E-state index in [-0.39, 0.29) is 0 Å². The van der Waals surface area contributed by atoms with E-state index in [1.807, 2.05) is 36.4 Å². The van der Waals surface area contributed by atoms with Crippen LogP contribution < -0.4 is 4.74 Å². The second-order valence-corrected chi connectivity index (χ2v) is 4.63. The van der Waals surface area contributed by atoms with E-state index >= 15 is 0 Å². The van der Waals surface area contributed by atoms with Crippen LogP contribution in [0.15, 0.2) is 48.5 Å². The van der Waals surface area contributed by atoms with Crippen LogP contribution in [-0.2, 0) is 0 Å². The van der Waals surface area contributed by atoms with Gasteiger partial charge in [0.15, 0.2) is 0 Å². The molecule has 0 radical (unpaired) electrons. The highest BCUT2D eigenvalue weighted by Crippen LogP contribution is 2.34. The van der Waals surface area contributed by atoms with Crippen LogP contribution in [0, 0.1) is 0 Å². The number of aliphatic hydroxyl groups excluding tert-OH is 1. The fraction of sp³-hybridized carbons (Fsp3) is 0.250. The number of rotatable bonds is 1. The summed E-state index contributed by atoms with van der Waals surface area (Å²) < 4.78 is 5.72. The first-order valence-electron chi connectivity index (χ1n) is 6.35. The lowest BCUT2D eigenvalue weighted by molar-refractivity contribution is 0.167. The quantitative estimate of drug-likeness (QED) is 0.825. The highest BCUT2D eigenvalue weighted by Gasteiger charge is 2.17. The van der Waals surface area contributed by atoms with Gasteiger partial charge in [0.05, 0.1) is 12.7 Å². The fourth-order valence-corrected chi connectivity index (χ4v) is 2.36. The molecule has 0 saturated heterocycles. The average molecular weight is 240 g/mol. The number of benzene rings is 2. The first kappa shape index (κ1) is 11.3.